The van der Waals surface area contributed by atoms with Crippen LogP contribution >= 0.6 is 0 Å². The summed E-state index contributed by atoms with van der Waals surface area (Å²) in [6.07, 6.45) is 3.67. The summed E-state index contributed by atoms with van der Waals surface area (Å²) in [6, 6.07) is 11.4. The van der Waals surface area contributed by atoms with E-state index in [1.807, 2.05) is 12.4 Å². The van der Waals surface area contributed by atoms with Gasteiger partial charge in [-0.25, -0.2) is 14.6 Å². The molecule has 0 spiro atoms. The highest BCUT2D eigenvalue weighted by molar-refractivity contribution is 5.84. The van der Waals surface area contributed by atoms with Crippen molar-refractivity contribution in [1.29, 1.82) is 0 Å². The Bertz CT molecular complexity index is 1220. The van der Waals surface area contributed by atoms with Crippen LogP contribution < -0.4 is 16.4 Å². The average Bonchev–Trinajstić information content (AvgIpc) is 3.37. The predicted octanol–water partition coefficient (Wildman–Crippen LogP) is 2.36. The van der Waals surface area contributed by atoms with E-state index in [2.05, 4.69) is 58.3 Å². The molecule has 1 aliphatic rings. The lowest BCUT2D eigenvalue weighted by Gasteiger charge is -2.27. The smallest absolute Gasteiger partial charge is 0.335 e. The minimum atomic E-state index is -2.27. The number of hydrogen-bond acceptors (Lipinski definition) is 10. The highest BCUT2D eigenvalue weighted by atomic mass is 16.4. The van der Waals surface area contributed by atoms with Gasteiger partial charge < -0.3 is 41.4 Å². The topological polar surface area (TPSA) is 209 Å². The van der Waals surface area contributed by atoms with Gasteiger partial charge in [0.2, 0.25) is 5.95 Å². The number of hydrogen-bond donors (Lipinski definition) is 7. The van der Waals surface area contributed by atoms with E-state index in [1.165, 1.54) is 5.56 Å². The minimum Gasteiger partial charge on any atom is -0.479 e. The van der Waals surface area contributed by atoms with Gasteiger partial charge in [0.15, 0.2) is 29.2 Å². The minimum absolute atomic E-state index is 0.325. The van der Waals surface area contributed by atoms with Gasteiger partial charge in [-0.05, 0) is 44.1 Å². The monoisotopic (exact) mass is 557 g/mol. The Kier molecular flexibility index (Phi) is 11.2. The van der Waals surface area contributed by atoms with Crippen LogP contribution in [0.15, 0.2) is 36.7 Å². The summed E-state index contributed by atoms with van der Waals surface area (Å²) >= 11 is 0. The third kappa shape index (κ3) is 8.10. The number of fused-ring (bicyclic) bond motifs is 1. The highest BCUT2D eigenvalue weighted by Gasteiger charge is 2.29. The quantitative estimate of drug-likeness (QED) is 0.181. The van der Waals surface area contributed by atoms with Crippen LogP contribution in [-0.2, 0) is 16.1 Å². The Morgan fingerprint density at radius 3 is 2.15 bits per heavy atom. The van der Waals surface area contributed by atoms with E-state index in [9.17, 15) is 9.59 Å². The number of aliphatic carboxylic acids is 2. The van der Waals surface area contributed by atoms with Gasteiger partial charge in [-0.15, -0.1) is 0 Å². The third-order valence-corrected chi connectivity index (χ3v) is 6.97. The molecule has 0 bridgehead atoms. The summed E-state index contributed by atoms with van der Waals surface area (Å²) in [5.74, 6) is -2.08. The molecule has 3 aromatic rings. The number of nitrogens with one attached hydrogen (secondary N) is 2. The van der Waals surface area contributed by atoms with Crippen molar-refractivity contribution in [1.82, 2.24) is 19.5 Å². The normalized spacial score (nSPS) is 18.4. The number of carbonyl (C=O) groups is 2. The Balaban J connectivity index is 0.000000378. The molecule has 8 N–H and O–H groups in total. The first kappa shape index (κ1) is 30.7. The van der Waals surface area contributed by atoms with E-state index >= 15 is 0 Å². The molecule has 2 aromatic heterocycles. The number of aliphatic hydroxyl groups is 2. The molecule has 2 heterocycles. The van der Waals surface area contributed by atoms with Crippen molar-refractivity contribution >= 4 is 34.9 Å². The molecular weight excluding hydrogens is 518 g/mol. The number of anilines is 2. The molecule has 0 aliphatic heterocycles. The predicted molar refractivity (Wildman–Crippen MR) is 150 cm³/mol. The summed E-state index contributed by atoms with van der Waals surface area (Å²) in [4.78, 5) is 33.9. The van der Waals surface area contributed by atoms with Gasteiger partial charge in [-0.1, -0.05) is 44.2 Å². The second kappa shape index (κ2) is 14.5. The van der Waals surface area contributed by atoms with Crippen molar-refractivity contribution in [2.45, 2.75) is 89.3 Å². The first-order valence-corrected chi connectivity index (χ1v) is 13.5. The van der Waals surface area contributed by atoms with Crippen LogP contribution in [0.5, 0.6) is 0 Å². The maximum absolute atomic E-state index is 9.77. The number of nitrogens with zero attached hydrogens (tertiary/aromatic N) is 4. The fourth-order valence-electron chi connectivity index (χ4n) is 4.55. The van der Waals surface area contributed by atoms with E-state index in [0.29, 0.717) is 30.6 Å². The number of carboxylic acid groups (broad SMARTS) is 2. The molecule has 1 fully saturated rings. The van der Waals surface area contributed by atoms with Crippen molar-refractivity contribution in [2.75, 3.05) is 10.6 Å². The summed E-state index contributed by atoms with van der Waals surface area (Å²) in [5, 5.41) is 39.6. The fraction of sp³-hybridized carbons (Fsp3) is 0.519. The van der Waals surface area contributed by atoms with Crippen molar-refractivity contribution in [3.05, 3.63) is 42.2 Å². The molecule has 0 unspecified atom stereocenters. The zero-order valence-electron chi connectivity index (χ0n) is 22.8. The van der Waals surface area contributed by atoms with Crippen LogP contribution in [0.1, 0.15) is 64.0 Å². The van der Waals surface area contributed by atoms with Crippen LogP contribution in [0.25, 0.3) is 11.2 Å². The maximum atomic E-state index is 9.77. The van der Waals surface area contributed by atoms with Gasteiger partial charge in [-0.2, -0.15) is 9.97 Å². The number of carboxylic acids is 2. The summed E-state index contributed by atoms with van der Waals surface area (Å²) in [6.45, 7) is 5.11. The summed E-state index contributed by atoms with van der Waals surface area (Å²) < 4.78 is 2.20. The van der Waals surface area contributed by atoms with E-state index in [0.717, 1.165) is 55.5 Å². The molecule has 1 saturated carbocycles. The Morgan fingerprint density at radius 1 is 1.00 bits per heavy atom. The van der Waals surface area contributed by atoms with E-state index in [1.54, 1.807) is 0 Å². The zero-order valence-corrected chi connectivity index (χ0v) is 22.8. The highest BCUT2D eigenvalue weighted by Crippen LogP contribution is 2.28. The average molecular weight is 558 g/mol. The van der Waals surface area contributed by atoms with Crippen LogP contribution in [-0.4, -0.2) is 76.2 Å². The molecular formula is C27H39N7O6. The fourth-order valence-corrected chi connectivity index (χ4v) is 4.55. The summed E-state index contributed by atoms with van der Waals surface area (Å²) in [5.41, 5.74) is 9.00. The lowest BCUT2D eigenvalue weighted by Crippen LogP contribution is -2.39. The van der Waals surface area contributed by atoms with Crippen LogP contribution in [0, 0.1) is 0 Å². The molecule has 0 amide bonds. The van der Waals surface area contributed by atoms with Gasteiger partial charge in [0.1, 0.15) is 0 Å². The molecule has 1 aliphatic carbocycles. The number of nitrogens with two attached hydrogens (primary N) is 1. The van der Waals surface area contributed by atoms with E-state index in [4.69, 9.17) is 36.1 Å². The maximum Gasteiger partial charge on any atom is 0.335 e. The largest absolute Gasteiger partial charge is 0.479 e. The van der Waals surface area contributed by atoms with Gasteiger partial charge in [0, 0.05) is 24.7 Å². The van der Waals surface area contributed by atoms with Crippen molar-refractivity contribution < 1.29 is 30.0 Å². The van der Waals surface area contributed by atoms with Crippen LogP contribution in [0.3, 0.4) is 0 Å². The zero-order chi connectivity index (χ0) is 29.2. The first-order chi connectivity index (χ1) is 19.1. The van der Waals surface area contributed by atoms with E-state index in [-0.39, 0.29) is 0 Å². The molecule has 0 radical (unpaired) electrons. The van der Waals surface area contributed by atoms with Crippen molar-refractivity contribution in [2.24, 2.45) is 5.73 Å². The Morgan fingerprint density at radius 2 is 1.60 bits per heavy atom. The number of imidazole rings is 1. The Labute approximate surface area is 232 Å². The van der Waals surface area contributed by atoms with Crippen molar-refractivity contribution in [3.63, 3.8) is 0 Å². The second-order valence-electron chi connectivity index (χ2n) is 9.85. The van der Waals surface area contributed by atoms with Crippen LogP contribution in [0.4, 0.5) is 11.8 Å². The van der Waals surface area contributed by atoms with Gasteiger partial charge in [-0.3, -0.25) is 0 Å². The summed E-state index contributed by atoms with van der Waals surface area (Å²) in [7, 11) is 0. The molecule has 2 atom stereocenters. The van der Waals surface area contributed by atoms with Gasteiger partial charge >= 0.3 is 11.9 Å². The Hall–Kier alpha value is -3.81. The van der Waals surface area contributed by atoms with Crippen LogP contribution in [0.2, 0.25) is 0 Å². The molecule has 4 rings (SSSR count). The molecule has 13 heteroatoms. The lowest BCUT2D eigenvalue weighted by molar-refractivity contribution is -0.165. The number of aromatic nitrogens is 4. The first-order valence-electron chi connectivity index (χ1n) is 13.5. The standard InChI is InChI=1S/C23H33N7.C4H6O6/c1-3-19(4-2)30-15-26-20-21(25-14-16-8-6-5-7-9-16)28-23(29-22(20)30)27-18-12-10-17(24)11-13-18;5-1(3(7)8)2(6)4(9)10/h5-9,15,17-19H,3-4,10-14,24H2,1-2H3,(H2,25,27,28,29);1-2,5-6H,(H,7,8)(H,9,10)/t;1-,2+. The number of rotatable bonds is 11. The molecule has 0 saturated heterocycles. The molecule has 13 nitrogen and oxygen atoms in total. The van der Waals surface area contributed by atoms with E-state index < -0.39 is 24.1 Å². The molecule has 1 aromatic carbocycles. The third-order valence-electron chi connectivity index (χ3n) is 6.97. The lowest BCUT2D eigenvalue weighted by atomic mass is 9.92. The molecule has 218 valence electrons. The number of benzene rings is 1. The SMILES string of the molecule is CCC(CC)n1cnc2c(NCc3ccccc3)nc(NC3CCC(N)CC3)nc21.O=C(O)[C@@H](O)[C@@H](O)C(=O)O. The second-order valence-corrected chi connectivity index (χ2v) is 9.85. The van der Waals surface area contributed by atoms with Crippen molar-refractivity contribution in [3.8, 4) is 0 Å². The van der Waals surface area contributed by atoms with Gasteiger partial charge in [0.05, 0.1) is 6.33 Å². The van der Waals surface area contributed by atoms with Gasteiger partial charge in [0.25, 0.3) is 0 Å². The molecule has 40 heavy (non-hydrogen) atoms. The number of aliphatic hydroxyl groups excluding tert-OH is 2.